The van der Waals surface area contributed by atoms with E-state index in [2.05, 4.69) is 16.2 Å². The molecule has 2 rings (SSSR count). The number of carbonyl (C=O) groups excluding carboxylic acids is 2. The van der Waals surface area contributed by atoms with Crippen LogP contribution >= 0.6 is 24.0 Å². The highest BCUT2D eigenvalue weighted by Crippen LogP contribution is 2.27. The molecule has 0 radical (unpaired) electrons. The van der Waals surface area contributed by atoms with Crippen molar-refractivity contribution in [3.8, 4) is 11.5 Å². The summed E-state index contributed by atoms with van der Waals surface area (Å²) in [7, 11) is 3.19. The number of rotatable bonds is 8. The van der Waals surface area contributed by atoms with Gasteiger partial charge in [-0.05, 0) is 36.3 Å². The van der Waals surface area contributed by atoms with Crippen molar-refractivity contribution in [3.63, 3.8) is 0 Å². The van der Waals surface area contributed by atoms with E-state index in [1.807, 2.05) is 18.2 Å². The lowest BCUT2D eigenvalue weighted by atomic mass is 10.1. The first-order valence-corrected chi connectivity index (χ1v) is 9.88. The molecule has 1 heterocycles. The first-order chi connectivity index (χ1) is 13.0. The van der Waals surface area contributed by atoms with Crippen LogP contribution in [-0.2, 0) is 11.2 Å². The number of methoxy groups -OCH3 is 2. The molecule has 10 heteroatoms. The van der Waals surface area contributed by atoms with Crippen LogP contribution in [0.5, 0.6) is 11.5 Å². The van der Waals surface area contributed by atoms with Gasteiger partial charge in [-0.1, -0.05) is 17.8 Å². The SMILES string of the molecule is COc1ccc(CCNC(=S)NNC(=O)CCN2CCSC2=O)cc1OC. The van der Waals surface area contributed by atoms with E-state index in [4.69, 9.17) is 21.7 Å². The Morgan fingerprint density at radius 2 is 2.04 bits per heavy atom. The van der Waals surface area contributed by atoms with Crippen molar-refractivity contribution in [2.24, 2.45) is 0 Å². The maximum Gasteiger partial charge on any atom is 0.281 e. The van der Waals surface area contributed by atoms with Gasteiger partial charge < -0.3 is 19.7 Å². The number of thioether (sulfide) groups is 1. The summed E-state index contributed by atoms with van der Waals surface area (Å²) in [5, 5.41) is 3.38. The number of carbonyl (C=O) groups is 2. The number of nitrogens with one attached hydrogen (secondary N) is 3. The number of ether oxygens (including phenoxy) is 2. The highest BCUT2D eigenvalue weighted by molar-refractivity contribution is 8.13. The van der Waals surface area contributed by atoms with Gasteiger partial charge in [-0.25, -0.2) is 0 Å². The molecule has 8 nitrogen and oxygen atoms in total. The topological polar surface area (TPSA) is 91.9 Å². The zero-order valence-corrected chi connectivity index (χ0v) is 17.0. The molecule has 1 aliphatic heterocycles. The normalized spacial score (nSPS) is 13.3. The Kier molecular flexibility index (Phi) is 8.46. The smallest absolute Gasteiger partial charge is 0.281 e. The molecule has 27 heavy (non-hydrogen) atoms. The number of thiocarbonyl (C=S) groups is 1. The van der Waals surface area contributed by atoms with E-state index in [0.717, 1.165) is 17.7 Å². The summed E-state index contributed by atoms with van der Waals surface area (Å²) in [6, 6.07) is 5.73. The average molecular weight is 413 g/mol. The predicted octanol–water partition coefficient (Wildman–Crippen LogP) is 1.30. The summed E-state index contributed by atoms with van der Waals surface area (Å²) in [5.41, 5.74) is 6.26. The molecule has 0 bridgehead atoms. The van der Waals surface area contributed by atoms with E-state index in [1.165, 1.54) is 11.8 Å². The fourth-order valence-electron chi connectivity index (χ4n) is 2.45. The predicted molar refractivity (Wildman–Crippen MR) is 109 cm³/mol. The molecule has 1 saturated heterocycles. The van der Waals surface area contributed by atoms with Gasteiger partial charge >= 0.3 is 0 Å². The lowest BCUT2D eigenvalue weighted by molar-refractivity contribution is -0.121. The monoisotopic (exact) mass is 412 g/mol. The summed E-state index contributed by atoms with van der Waals surface area (Å²) in [6.07, 6.45) is 0.957. The van der Waals surface area contributed by atoms with Crippen LogP contribution in [0.15, 0.2) is 18.2 Å². The van der Waals surface area contributed by atoms with Gasteiger partial charge in [-0.2, -0.15) is 0 Å². The molecule has 0 unspecified atom stereocenters. The van der Waals surface area contributed by atoms with Crippen molar-refractivity contribution in [3.05, 3.63) is 23.8 Å². The fraction of sp³-hybridized carbons (Fsp3) is 0.471. The molecular weight excluding hydrogens is 388 g/mol. The van der Waals surface area contributed by atoms with Crippen LogP contribution in [0.2, 0.25) is 0 Å². The van der Waals surface area contributed by atoms with Gasteiger partial charge in [0, 0.05) is 31.8 Å². The van der Waals surface area contributed by atoms with E-state index in [-0.39, 0.29) is 17.6 Å². The van der Waals surface area contributed by atoms with Gasteiger partial charge in [0.2, 0.25) is 5.91 Å². The standard InChI is InChI=1S/C17H24N4O4S2/c1-24-13-4-3-12(11-14(13)25-2)5-7-18-16(26)20-19-15(22)6-8-21-9-10-27-17(21)23/h3-4,11H,5-10H2,1-2H3,(H,19,22)(H2,18,20,26). The van der Waals surface area contributed by atoms with Gasteiger partial charge in [-0.3, -0.25) is 20.4 Å². The van der Waals surface area contributed by atoms with E-state index < -0.39 is 0 Å². The molecule has 2 amide bonds. The fourth-order valence-corrected chi connectivity index (χ4v) is 3.46. The summed E-state index contributed by atoms with van der Waals surface area (Å²) in [4.78, 5) is 24.9. The molecule has 0 spiro atoms. The number of hydrogen-bond donors (Lipinski definition) is 3. The molecule has 1 aromatic carbocycles. The largest absolute Gasteiger partial charge is 0.493 e. The summed E-state index contributed by atoms with van der Waals surface area (Å²) in [5.74, 6) is 1.93. The summed E-state index contributed by atoms with van der Waals surface area (Å²) in [6.45, 7) is 1.70. The average Bonchev–Trinajstić information content (AvgIpc) is 3.09. The second-order valence-electron chi connectivity index (χ2n) is 5.72. The lowest BCUT2D eigenvalue weighted by Gasteiger charge is -2.15. The van der Waals surface area contributed by atoms with Crippen LogP contribution in [-0.4, -0.2) is 60.8 Å². The minimum atomic E-state index is -0.219. The van der Waals surface area contributed by atoms with Crippen molar-refractivity contribution < 1.29 is 19.1 Å². The highest BCUT2D eigenvalue weighted by Gasteiger charge is 2.21. The Labute approximate surface area is 168 Å². The van der Waals surface area contributed by atoms with Crippen LogP contribution in [0.1, 0.15) is 12.0 Å². The number of hydrogen-bond acceptors (Lipinski definition) is 6. The highest BCUT2D eigenvalue weighted by atomic mass is 32.2. The van der Waals surface area contributed by atoms with E-state index >= 15 is 0 Å². The molecule has 1 aromatic rings. The number of amides is 2. The second kappa shape index (κ2) is 10.8. The lowest BCUT2D eigenvalue weighted by Crippen LogP contribution is -2.47. The zero-order chi connectivity index (χ0) is 19.6. The Hall–Kier alpha value is -2.20. The summed E-state index contributed by atoms with van der Waals surface area (Å²) < 4.78 is 10.5. The zero-order valence-electron chi connectivity index (χ0n) is 15.4. The number of hydrazine groups is 1. The van der Waals surface area contributed by atoms with Crippen LogP contribution in [0.3, 0.4) is 0 Å². The van der Waals surface area contributed by atoms with Crippen LogP contribution in [0.25, 0.3) is 0 Å². The third-order valence-corrected chi connectivity index (χ3v) is 5.05. The Bertz CT molecular complexity index is 687. The van der Waals surface area contributed by atoms with Crippen molar-refractivity contribution in [1.82, 2.24) is 21.1 Å². The van der Waals surface area contributed by atoms with Crippen LogP contribution in [0.4, 0.5) is 4.79 Å². The first kappa shape index (κ1) is 21.1. The molecule has 148 valence electrons. The minimum absolute atomic E-state index is 0.0307. The van der Waals surface area contributed by atoms with Gasteiger partial charge in [0.1, 0.15) is 0 Å². The minimum Gasteiger partial charge on any atom is -0.493 e. The van der Waals surface area contributed by atoms with Crippen molar-refractivity contribution in [2.75, 3.05) is 39.6 Å². The molecule has 0 saturated carbocycles. The van der Waals surface area contributed by atoms with Crippen molar-refractivity contribution in [2.45, 2.75) is 12.8 Å². The van der Waals surface area contributed by atoms with Gasteiger partial charge in [-0.15, -0.1) is 0 Å². The molecule has 3 N–H and O–H groups in total. The van der Waals surface area contributed by atoms with E-state index in [9.17, 15) is 9.59 Å². The van der Waals surface area contributed by atoms with Gasteiger partial charge in [0.15, 0.2) is 16.6 Å². The molecule has 1 fully saturated rings. The van der Waals surface area contributed by atoms with Gasteiger partial charge in [0.25, 0.3) is 5.24 Å². The number of nitrogens with zero attached hydrogens (tertiary/aromatic N) is 1. The molecule has 1 aliphatic rings. The Morgan fingerprint density at radius 1 is 1.26 bits per heavy atom. The molecular formula is C17H24N4O4S2. The van der Waals surface area contributed by atoms with Crippen molar-refractivity contribution >= 4 is 40.2 Å². The van der Waals surface area contributed by atoms with Crippen LogP contribution < -0.4 is 25.6 Å². The molecule has 0 atom stereocenters. The summed E-state index contributed by atoms with van der Waals surface area (Å²) >= 11 is 6.42. The van der Waals surface area contributed by atoms with Crippen molar-refractivity contribution in [1.29, 1.82) is 0 Å². The van der Waals surface area contributed by atoms with Crippen LogP contribution in [0, 0.1) is 0 Å². The maximum absolute atomic E-state index is 11.8. The molecule has 0 aliphatic carbocycles. The second-order valence-corrected chi connectivity index (χ2v) is 7.17. The van der Waals surface area contributed by atoms with E-state index in [1.54, 1.807) is 19.1 Å². The van der Waals surface area contributed by atoms with E-state index in [0.29, 0.717) is 36.2 Å². The number of benzene rings is 1. The third-order valence-electron chi connectivity index (χ3n) is 3.92. The quantitative estimate of drug-likeness (QED) is 0.435. The maximum atomic E-state index is 11.8. The third kappa shape index (κ3) is 6.79. The molecule has 0 aromatic heterocycles. The Morgan fingerprint density at radius 3 is 2.70 bits per heavy atom. The Balaban J connectivity index is 1.63. The first-order valence-electron chi connectivity index (χ1n) is 8.48. The van der Waals surface area contributed by atoms with Gasteiger partial charge in [0.05, 0.1) is 14.2 Å².